The molecule has 5 atom stereocenters. The van der Waals surface area contributed by atoms with Crippen LogP contribution >= 0.6 is 45.8 Å². The molecule has 13 nitrogen and oxygen atoms in total. The molecule has 7 rings (SSSR count). The first-order valence-corrected chi connectivity index (χ1v) is 21.7. The molecule has 0 spiro atoms. The lowest BCUT2D eigenvalue weighted by Gasteiger charge is -2.29. The Morgan fingerprint density at radius 2 is 1.73 bits per heavy atom. The summed E-state index contributed by atoms with van der Waals surface area (Å²) < 4.78 is 0. The van der Waals surface area contributed by atoms with Crippen LogP contribution in [0.25, 0.3) is 0 Å². The standard InChI is InChI=1S/C39H40N8O5S4/c1-22-18-54-36(41-22)27(40)16-33-43-30(20-53-33)34(50)44-28(14-23-6-3-2-4-7-23)37-46-31(21-56-37)35(51)45-29(15-24-9-11-26(49)12-10-24)39(52)47-13-5-8-32(47)38-42-25(17-48)19-55-38/h2-4,6-7,9-12,17-20,27-29,31-32,49H,5,8,13-16,21,40H2,1H3,(H,44,50)(H,45,51). The summed E-state index contributed by atoms with van der Waals surface area (Å²) >= 11 is 5.62. The number of rotatable bonds is 15. The number of hydrogen-bond donors (Lipinski definition) is 4. The Morgan fingerprint density at radius 3 is 2.46 bits per heavy atom. The molecule has 0 aliphatic carbocycles. The van der Waals surface area contributed by atoms with E-state index in [9.17, 15) is 24.3 Å². The number of nitrogens with one attached hydrogen (secondary N) is 2. The van der Waals surface area contributed by atoms with Crippen LogP contribution in [0.1, 0.15) is 77.7 Å². The molecule has 5 heterocycles. The number of benzene rings is 2. The quantitative estimate of drug-likeness (QED) is 0.104. The van der Waals surface area contributed by atoms with E-state index >= 15 is 0 Å². The van der Waals surface area contributed by atoms with Gasteiger partial charge >= 0.3 is 0 Å². The topological polar surface area (TPSA) is 193 Å². The summed E-state index contributed by atoms with van der Waals surface area (Å²) in [5, 5.41) is 24.2. The number of amides is 3. The van der Waals surface area contributed by atoms with E-state index in [-0.39, 0.29) is 41.8 Å². The van der Waals surface area contributed by atoms with Crippen molar-refractivity contribution in [1.29, 1.82) is 0 Å². The third kappa shape index (κ3) is 9.58. The molecule has 1 fully saturated rings. The van der Waals surface area contributed by atoms with E-state index in [1.807, 2.05) is 42.6 Å². The highest BCUT2D eigenvalue weighted by atomic mass is 32.2. The Morgan fingerprint density at radius 1 is 0.946 bits per heavy atom. The molecule has 2 aliphatic rings. The number of carbonyl (C=O) groups is 4. The van der Waals surface area contributed by atoms with Gasteiger partial charge in [0.25, 0.3) is 5.91 Å². The zero-order valence-corrected chi connectivity index (χ0v) is 33.6. The fraction of sp³-hybridized carbons (Fsp3) is 0.333. The van der Waals surface area contributed by atoms with Gasteiger partial charge in [-0.15, -0.1) is 45.8 Å². The largest absolute Gasteiger partial charge is 0.508 e. The van der Waals surface area contributed by atoms with Gasteiger partial charge in [-0.05, 0) is 49.4 Å². The molecule has 290 valence electrons. The lowest BCUT2D eigenvalue weighted by atomic mass is 10.0. The van der Waals surface area contributed by atoms with E-state index < -0.39 is 24.0 Å². The zero-order chi connectivity index (χ0) is 39.2. The molecule has 56 heavy (non-hydrogen) atoms. The van der Waals surface area contributed by atoms with Crippen LogP contribution in [0.5, 0.6) is 5.75 Å². The van der Waals surface area contributed by atoms with E-state index in [0.717, 1.165) is 33.3 Å². The van der Waals surface area contributed by atoms with Gasteiger partial charge in [0, 0.05) is 47.0 Å². The smallest absolute Gasteiger partial charge is 0.271 e. The number of aliphatic imine (C=N–C) groups is 1. The van der Waals surface area contributed by atoms with Gasteiger partial charge in [0.15, 0.2) is 6.29 Å². The summed E-state index contributed by atoms with van der Waals surface area (Å²) in [6.45, 7) is 2.41. The first-order chi connectivity index (χ1) is 27.1. The molecule has 17 heteroatoms. The Balaban J connectivity index is 1.07. The van der Waals surface area contributed by atoms with Crippen LogP contribution in [-0.4, -0.2) is 84.4 Å². The van der Waals surface area contributed by atoms with E-state index in [0.29, 0.717) is 53.6 Å². The van der Waals surface area contributed by atoms with Gasteiger partial charge in [-0.3, -0.25) is 24.2 Å². The summed E-state index contributed by atoms with van der Waals surface area (Å²) in [5.74, 6) is -0.594. The molecule has 0 saturated carbocycles. The number of nitrogens with two attached hydrogens (primary N) is 1. The highest BCUT2D eigenvalue weighted by molar-refractivity contribution is 8.14. The number of carbonyl (C=O) groups excluding carboxylic acids is 4. The highest BCUT2D eigenvalue weighted by Gasteiger charge is 2.38. The van der Waals surface area contributed by atoms with Crippen LogP contribution in [-0.2, 0) is 28.9 Å². The average molecular weight is 829 g/mol. The second-order valence-electron chi connectivity index (χ2n) is 13.6. The van der Waals surface area contributed by atoms with Crippen LogP contribution in [0, 0.1) is 6.92 Å². The highest BCUT2D eigenvalue weighted by Crippen LogP contribution is 2.34. The second kappa shape index (κ2) is 18.0. The number of aromatic nitrogens is 3. The first-order valence-electron chi connectivity index (χ1n) is 18.1. The van der Waals surface area contributed by atoms with E-state index in [1.54, 1.807) is 39.9 Å². The van der Waals surface area contributed by atoms with Crippen LogP contribution in [0.4, 0.5) is 0 Å². The van der Waals surface area contributed by atoms with Crippen molar-refractivity contribution >= 4 is 74.8 Å². The molecule has 5 N–H and O–H groups in total. The predicted octanol–water partition coefficient (Wildman–Crippen LogP) is 5.07. The summed E-state index contributed by atoms with van der Waals surface area (Å²) in [5.41, 5.74) is 9.65. The molecule has 3 amide bonds. The molecule has 1 saturated heterocycles. The van der Waals surface area contributed by atoms with Crippen molar-refractivity contribution in [3.05, 3.63) is 114 Å². The van der Waals surface area contributed by atoms with Crippen LogP contribution in [0.2, 0.25) is 0 Å². The van der Waals surface area contributed by atoms with Crippen molar-refractivity contribution in [2.24, 2.45) is 10.7 Å². The predicted molar refractivity (Wildman–Crippen MR) is 220 cm³/mol. The number of nitrogens with zero attached hydrogens (tertiary/aromatic N) is 5. The van der Waals surface area contributed by atoms with Crippen molar-refractivity contribution in [3.63, 3.8) is 0 Å². The van der Waals surface area contributed by atoms with Crippen LogP contribution in [0.3, 0.4) is 0 Å². The summed E-state index contributed by atoms with van der Waals surface area (Å²) in [7, 11) is 0. The fourth-order valence-corrected chi connectivity index (χ4v) is 10.3. The fourth-order valence-electron chi connectivity index (χ4n) is 6.66. The molecule has 0 bridgehead atoms. The van der Waals surface area contributed by atoms with Crippen molar-refractivity contribution in [2.45, 2.75) is 69.2 Å². The minimum absolute atomic E-state index is 0.0956. The van der Waals surface area contributed by atoms with E-state index in [1.165, 1.54) is 45.8 Å². The number of hydrogen-bond acceptors (Lipinski definition) is 14. The molecule has 0 radical (unpaired) electrons. The van der Waals surface area contributed by atoms with Crippen molar-refractivity contribution in [2.75, 3.05) is 12.3 Å². The summed E-state index contributed by atoms with van der Waals surface area (Å²) in [6, 6.07) is 13.4. The lowest BCUT2D eigenvalue weighted by molar-refractivity contribution is -0.137. The summed E-state index contributed by atoms with van der Waals surface area (Å²) in [6.07, 6.45) is 3.24. The number of phenolic OH excluding ortho intramolecular Hbond substituents is 1. The van der Waals surface area contributed by atoms with Gasteiger partial charge in [-0.1, -0.05) is 42.5 Å². The van der Waals surface area contributed by atoms with Crippen molar-refractivity contribution < 1.29 is 24.3 Å². The molecular formula is C39H40N8O5S4. The van der Waals surface area contributed by atoms with E-state index in [2.05, 4.69) is 25.6 Å². The van der Waals surface area contributed by atoms with Gasteiger partial charge < -0.3 is 26.4 Å². The van der Waals surface area contributed by atoms with E-state index in [4.69, 9.17) is 10.7 Å². The number of aromatic hydroxyl groups is 1. The van der Waals surface area contributed by atoms with Crippen molar-refractivity contribution in [1.82, 2.24) is 30.5 Å². The Hall–Kier alpha value is -4.81. The molecular weight excluding hydrogens is 789 g/mol. The second-order valence-corrected chi connectivity index (χ2v) is 17.4. The van der Waals surface area contributed by atoms with Gasteiger partial charge in [0.2, 0.25) is 11.8 Å². The number of aryl methyl sites for hydroxylation is 1. The Labute approximate surface area is 339 Å². The maximum Gasteiger partial charge on any atom is 0.271 e. The zero-order valence-electron chi connectivity index (χ0n) is 30.4. The van der Waals surface area contributed by atoms with Crippen LogP contribution < -0.4 is 16.4 Å². The lowest BCUT2D eigenvalue weighted by Crippen LogP contribution is -2.51. The number of aldehydes is 1. The number of thioether (sulfide) groups is 1. The minimum atomic E-state index is -0.922. The third-order valence-electron chi connectivity index (χ3n) is 9.47. The van der Waals surface area contributed by atoms with Gasteiger partial charge in [-0.25, -0.2) is 15.0 Å². The Bertz CT molecular complexity index is 2200. The average Bonchev–Trinajstić information content (AvgIpc) is 4.05. The Kier molecular flexibility index (Phi) is 12.7. The molecule has 5 aromatic rings. The molecule has 2 aliphatic heterocycles. The first kappa shape index (κ1) is 39.4. The third-order valence-corrected chi connectivity index (χ3v) is 13.6. The molecule has 3 aromatic heterocycles. The van der Waals surface area contributed by atoms with Gasteiger partial charge in [-0.2, -0.15) is 0 Å². The normalized spacial score (nSPS) is 18.2. The minimum Gasteiger partial charge on any atom is -0.508 e. The number of phenols is 1. The summed E-state index contributed by atoms with van der Waals surface area (Å²) in [4.78, 5) is 73.3. The van der Waals surface area contributed by atoms with Crippen molar-refractivity contribution in [3.8, 4) is 5.75 Å². The maximum atomic E-state index is 14.3. The SMILES string of the molecule is Cc1csc(C(N)Cc2nc(C(=O)NC(Cc3ccccc3)C3=NC(C(=O)NC(Cc4ccc(O)cc4)C(=O)N4CCCC4c4nc(C=O)cs4)CS3)cs2)n1. The molecule has 5 unspecified atom stereocenters. The molecule has 2 aromatic carbocycles. The number of thiazole rings is 3. The van der Waals surface area contributed by atoms with Crippen LogP contribution in [0.15, 0.2) is 75.7 Å². The maximum absolute atomic E-state index is 14.3. The monoisotopic (exact) mass is 828 g/mol. The van der Waals surface area contributed by atoms with Gasteiger partial charge in [0.05, 0.1) is 28.2 Å². The van der Waals surface area contributed by atoms with Gasteiger partial charge in [0.1, 0.15) is 39.2 Å². The number of likely N-dealkylation sites (tertiary alicyclic amines) is 1.